The summed E-state index contributed by atoms with van der Waals surface area (Å²) in [5, 5.41) is 11.6. The minimum atomic E-state index is 0. The maximum Gasteiger partial charge on any atom is 0.191 e. The zero-order valence-corrected chi connectivity index (χ0v) is 19.4. The van der Waals surface area contributed by atoms with Gasteiger partial charge in [0.2, 0.25) is 0 Å². The Bertz CT molecular complexity index is 904. The fourth-order valence-corrected chi connectivity index (χ4v) is 3.58. The Morgan fingerprint density at radius 1 is 1.33 bits per heavy atom. The monoisotopic (exact) mass is 518 g/mol. The lowest BCUT2D eigenvalue weighted by molar-refractivity contribution is 0.787. The predicted molar refractivity (Wildman–Crippen MR) is 127 cm³/mol. The summed E-state index contributed by atoms with van der Waals surface area (Å²) in [4.78, 5) is 14.1. The third-order valence-corrected chi connectivity index (χ3v) is 5.29. The quantitative estimate of drug-likeness (QED) is 0.263. The average molecular weight is 519 g/mol. The molecular weight excluding hydrogens is 495 g/mol. The van der Waals surface area contributed by atoms with Gasteiger partial charge in [-0.15, -0.1) is 35.3 Å². The summed E-state index contributed by atoms with van der Waals surface area (Å²) in [7, 11) is 5.76. The fraction of sp³-hybridized carbons (Fsp3) is 0.333. The molecule has 0 bridgehead atoms. The van der Waals surface area contributed by atoms with Crippen molar-refractivity contribution in [2.75, 3.05) is 32.6 Å². The van der Waals surface area contributed by atoms with E-state index in [9.17, 15) is 0 Å². The Morgan fingerprint density at radius 3 is 2.85 bits per heavy atom. The van der Waals surface area contributed by atoms with Gasteiger partial charge < -0.3 is 20.5 Å². The number of hydrogen-bond acceptors (Lipinski definition) is 4. The summed E-state index contributed by atoms with van der Waals surface area (Å²) < 4.78 is 0. The highest BCUT2D eigenvalue weighted by molar-refractivity contribution is 14.0. The summed E-state index contributed by atoms with van der Waals surface area (Å²) in [6, 6.07) is 5.90. The largest absolute Gasteiger partial charge is 0.361 e. The molecule has 27 heavy (non-hydrogen) atoms. The van der Waals surface area contributed by atoms with E-state index < -0.39 is 0 Å². The Hall–Kier alpha value is -1.52. The number of anilines is 1. The first-order valence-electron chi connectivity index (χ1n) is 8.38. The highest BCUT2D eigenvalue weighted by Crippen LogP contribution is 2.22. The van der Waals surface area contributed by atoms with Crippen LogP contribution in [0.4, 0.5) is 5.13 Å². The minimum absolute atomic E-state index is 0. The lowest BCUT2D eigenvalue weighted by Crippen LogP contribution is -2.37. The van der Waals surface area contributed by atoms with Crippen LogP contribution in [0.25, 0.3) is 10.9 Å². The number of guanidine groups is 1. The molecule has 2 heterocycles. The van der Waals surface area contributed by atoms with Gasteiger partial charge in [0, 0.05) is 55.2 Å². The number of nitrogens with one attached hydrogen (secondary N) is 3. The van der Waals surface area contributed by atoms with Crippen LogP contribution in [0, 0.1) is 0 Å². The Morgan fingerprint density at radius 2 is 2.15 bits per heavy atom. The van der Waals surface area contributed by atoms with E-state index in [-0.39, 0.29) is 24.0 Å². The second-order valence-electron chi connectivity index (χ2n) is 6.12. The molecule has 3 aromatic rings. The molecule has 0 saturated heterocycles. The molecule has 3 N–H and O–H groups in total. The van der Waals surface area contributed by atoms with E-state index in [0.717, 1.165) is 40.3 Å². The molecule has 0 saturated carbocycles. The molecule has 0 atom stereocenters. The first-order valence-corrected chi connectivity index (χ1v) is 9.64. The number of aliphatic imine (C=N–C) groups is 1. The minimum Gasteiger partial charge on any atom is -0.361 e. The van der Waals surface area contributed by atoms with Crippen LogP contribution < -0.4 is 15.5 Å². The molecule has 0 amide bonds. The van der Waals surface area contributed by atoms with Crippen LogP contribution in [0.2, 0.25) is 5.02 Å². The van der Waals surface area contributed by atoms with Crippen LogP contribution in [-0.2, 0) is 13.0 Å². The topological polar surface area (TPSA) is 68.3 Å². The van der Waals surface area contributed by atoms with Crippen molar-refractivity contribution in [3.63, 3.8) is 0 Å². The van der Waals surface area contributed by atoms with Gasteiger partial charge in [-0.3, -0.25) is 4.99 Å². The van der Waals surface area contributed by atoms with E-state index in [1.165, 1.54) is 10.9 Å². The Kier molecular flexibility index (Phi) is 8.18. The molecule has 146 valence electrons. The molecule has 0 aliphatic heterocycles. The summed E-state index contributed by atoms with van der Waals surface area (Å²) in [6.07, 6.45) is 2.92. The van der Waals surface area contributed by atoms with Crippen LogP contribution in [0.1, 0.15) is 11.3 Å². The number of halogens is 2. The molecule has 1 aromatic carbocycles. The van der Waals surface area contributed by atoms with Crippen molar-refractivity contribution < 1.29 is 0 Å². The van der Waals surface area contributed by atoms with Crippen molar-refractivity contribution in [3.8, 4) is 0 Å². The van der Waals surface area contributed by atoms with Crippen molar-refractivity contribution in [2.45, 2.75) is 13.0 Å². The van der Waals surface area contributed by atoms with Crippen molar-refractivity contribution >= 4 is 68.9 Å². The number of H-pyrrole nitrogens is 1. The maximum atomic E-state index is 6.11. The lowest BCUT2D eigenvalue weighted by atomic mass is 10.1. The Balaban J connectivity index is 0.00000261. The number of rotatable bonds is 6. The summed E-state index contributed by atoms with van der Waals surface area (Å²) in [5.74, 6) is 0.766. The highest BCUT2D eigenvalue weighted by Gasteiger charge is 2.06. The molecule has 3 rings (SSSR count). The molecule has 0 aliphatic carbocycles. The zero-order chi connectivity index (χ0) is 18.5. The van der Waals surface area contributed by atoms with Gasteiger partial charge in [-0.2, -0.15) is 0 Å². The van der Waals surface area contributed by atoms with E-state index in [2.05, 4.69) is 31.0 Å². The molecule has 6 nitrogen and oxygen atoms in total. The number of aromatic amines is 1. The third-order valence-electron chi connectivity index (χ3n) is 4.00. The molecule has 0 aliphatic rings. The van der Waals surface area contributed by atoms with E-state index >= 15 is 0 Å². The van der Waals surface area contributed by atoms with Crippen LogP contribution >= 0.6 is 46.9 Å². The van der Waals surface area contributed by atoms with E-state index in [1.807, 2.05) is 43.4 Å². The molecule has 2 aromatic heterocycles. The second kappa shape index (κ2) is 10.1. The van der Waals surface area contributed by atoms with Gasteiger partial charge in [0.05, 0.1) is 12.2 Å². The van der Waals surface area contributed by atoms with Crippen molar-refractivity contribution in [1.29, 1.82) is 0 Å². The van der Waals surface area contributed by atoms with Gasteiger partial charge in [-0.05, 0) is 30.2 Å². The number of nitrogens with zero attached hydrogens (tertiary/aromatic N) is 3. The number of aromatic nitrogens is 2. The second-order valence-corrected chi connectivity index (χ2v) is 7.40. The van der Waals surface area contributed by atoms with E-state index in [4.69, 9.17) is 11.6 Å². The molecule has 0 unspecified atom stereocenters. The van der Waals surface area contributed by atoms with Crippen LogP contribution in [0.3, 0.4) is 0 Å². The highest BCUT2D eigenvalue weighted by atomic mass is 127. The van der Waals surface area contributed by atoms with Gasteiger partial charge in [0.1, 0.15) is 0 Å². The maximum absolute atomic E-state index is 6.11. The van der Waals surface area contributed by atoms with Gasteiger partial charge in [0.15, 0.2) is 11.1 Å². The van der Waals surface area contributed by atoms with Crippen LogP contribution in [-0.4, -0.2) is 43.6 Å². The number of benzene rings is 1. The number of thiazole rings is 1. The zero-order valence-electron chi connectivity index (χ0n) is 15.5. The standard InChI is InChI=1S/C18H23ClN6S.HI/c1-20-17(23-10-14-11-26-18(24-14)25(2)3)21-7-6-12-9-22-16-5-4-13(19)8-15(12)16;/h4-5,8-9,11,22H,6-7,10H2,1-3H3,(H2,20,21,23);1H. The SMILES string of the molecule is CN=C(NCCc1c[nH]c2ccc(Cl)cc12)NCc1csc(N(C)C)n1.I. The summed E-state index contributed by atoms with van der Waals surface area (Å²) in [5.41, 5.74) is 3.35. The van der Waals surface area contributed by atoms with E-state index in [0.29, 0.717) is 6.54 Å². The lowest BCUT2D eigenvalue weighted by Gasteiger charge is -2.11. The van der Waals surface area contributed by atoms with Crippen LogP contribution in [0.5, 0.6) is 0 Å². The van der Waals surface area contributed by atoms with Crippen molar-refractivity contribution in [1.82, 2.24) is 20.6 Å². The summed E-state index contributed by atoms with van der Waals surface area (Å²) >= 11 is 7.74. The van der Waals surface area contributed by atoms with Crippen molar-refractivity contribution in [3.05, 3.63) is 46.1 Å². The van der Waals surface area contributed by atoms with Gasteiger partial charge in [0.25, 0.3) is 0 Å². The number of hydrogen-bond donors (Lipinski definition) is 3. The molecule has 9 heteroatoms. The van der Waals surface area contributed by atoms with E-state index in [1.54, 1.807) is 18.4 Å². The van der Waals surface area contributed by atoms with Gasteiger partial charge >= 0.3 is 0 Å². The first kappa shape index (κ1) is 21.8. The fourth-order valence-electron chi connectivity index (χ4n) is 2.65. The van der Waals surface area contributed by atoms with Gasteiger partial charge in [-0.1, -0.05) is 11.6 Å². The van der Waals surface area contributed by atoms with Crippen LogP contribution in [0.15, 0.2) is 34.8 Å². The average Bonchev–Trinajstić information content (AvgIpc) is 3.25. The van der Waals surface area contributed by atoms with Crippen molar-refractivity contribution in [2.24, 2.45) is 4.99 Å². The smallest absolute Gasteiger partial charge is 0.191 e. The third kappa shape index (κ3) is 5.73. The molecule has 0 radical (unpaired) electrons. The molecule has 0 spiro atoms. The Labute approximate surface area is 185 Å². The number of fused-ring (bicyclic) bond motifs is 1. The predicted octanol–water partition coefficient (Wildman–Crippen LogP) is 3.87. The summed E-state index contributed by atoms with van der Waals surface area (Å²) in [6.45, 7) is 1.42. The first-order chi connectivity index (χ1) is 12.6. The molecular formula is C18H24ClIN6S. The molecule has 0 fully saturated rings. The van der Waals surface area contributed by atoms with Gasteiger partial charge in [-0.25, -0.2) is 4.98 Å². The normalized spacial score (nSPS) is 11.3.